The van der Waals surface area contributed by atoms with Gasteiger partial charge in [0.25, 0.3) is 0 Å². The van der Waals surface area contributed by atoms with Crippen LogP contribution in [0.4, 0.5) is 0 Å². The molecule has 1 N–H and O–H groups in total. The predicted octanol–water partition coefficient (Wildman–Crippen LogP) is 0.531. The molecule has 0 amide bonds. The molecule has 0 saturated heterocycles. The van der Waals surface area contributed by atoms with Crippen LogP contribution in [0.3, 0.4) is 0 Å². The molecule has 0 fully saturated rings. The van der Waals surface area contributed by atoms with Gasteiger partial charge in [-0.25, -0.2) is 9.78 Å². The molecule has 0 spiro atoms. The quantitative estimate of drug-likeness (QED) is 0.627. The summed E-state index contributed by atoms with van der Waals surface area (Å²) in [5.41, 5.74) is 0.387. The Hall–Kier alpha value is -1.45. The van der Waals surface area contributed by atoms with Crippen molar-refractivity contribution < 1.29 is 0 Å². The first kappa shape index (κ1) is 7.65. The van der Waals surface area contributed by atoms with E-state index in [1.165, 1.54) is 6.20 Å². The first-order valence-corrected chi connectivity index (χ1v) is 3.25. The summed E-state index contributed by atoms with van der Waals surface area (Å²) < 4.78 is 0. The molecule has 0 saturated carbocycles. The molecule has 1 aromatic heterocycles. The predicted molar refractivity (Wildman–Crippen MR) is 42.8 cm³/mol. The van der Waals surface area contributed by atoms with Crippen LogP contribution >= 0.6 is 0 Å². The highest BCUT2D eigenvalue weighted by atomic mass is 16.1. The van der Waals surface area contributed by atoms with E-state index in [0.717, 1.165) is 5.69 Å². The first-order valence-electron chi connectivity index (χ1n) is 3.25. The molecular formula is C7H9N3O. The minimum atomic E-state index is -0.349. The lowest BCUT2D eigenvalue weighted by molar-refractivity contribution is 0.773. The zero-order chi connectivity index (χ0) is 8.27. The Morgan fingerprint density at radius 1 is 1.82 bits per heavy atom. The van der Waals surface area contributed by atoms with Crippen LogP contribution in [0, 0.1) is 0 Å². The third-order valence-electron chi connectivity index (χ3n) is 1.42. The zero-order valence-corrected chi connectivity index (χ0v) is 6.24. The highest BCUT2D eigenvalue weighted by Crippen LogP contribution is 2.09. The van der Waals surface area contributed by atoms with Crippen molar-refractivity contribution in [1.29, 1.82) is 0 Å². The van der Waals surface area contributed by atoms with E-state index in [-0.39, 0.29) is 11.7 Å². The molecule has 4 nitrogen and oxygen atoms in total. The summed E-state index contributed by atoms with van der Waals surface area (Å²) in [5, 5.41) is 0. The van der Waals surface area contributed by atoms with Crippen molar-refractivity contribution in [3.05, 3.63) is 28.4 Å². The van der Waals surface area contributed by atoms with Crippen molar-refractivity contribution >= 4 is 6.72 Å². The average Bonchev–Trinajstić information content (AvgIpc) is 2.03. The Kier molecular flexibility index (Phi) is 2.15. The third-order valence-corrected chi connectivity index (χ3v) is 1.42. The molecule has 1 aromatic rings. The van der Waals surface area contributed by atoms with Crippen molar-refractivity contribution in [2.45, 2.75) is 13.0 Å². The Bertz CT molecular complexity index is 305. The summed E-state index contributed by atoms with van der Waals surface area (Å²) in [7, 11) is 0. The summed E-state index contributed by atoms with van der Waals surface area (Å²) in [4.78, 5) is 20.5. The molecule has 0 bridgehead atoms. The van der Waals surface area contributed by atoms with Crippen molar-refractivity contribution in [3.8, 4) is 0 Å². The van der Waals surface area contributed by atoms with Crippen LogP contribution in [0.2, 0.25) is 0 Å². The normalized spacial score (nSPS) is 12.5. The molecule has 0 aliphatic heterocycles. The molecule has 11 heavy (non-hydrogen) atoms. The van der Waals surface area contributed by atoms with Crippen molar-refractivity contribution in [3.63, 3.8) is 0 Å². The van der Waals surface area contributed by atoms with Gasteiger partial charge in [-0.05, 0) is 19.7 Å². The number of nitrogens with zero attached hydrogens (tertiary/aromatic N) is 2. The van der Waals surface area contributed by atoms with Crippen LogP contribution in [0.15, 0.2) is 22.1 Å². The van der Waals surface area contributed by atoms with Crippen LogP contribution in [0.1, 0.15) is 18.7 Å². The fourth-order valence-electron chi connectivity index (χ4n) is 0.725. The van der Waals surface area contributed by atoms with Gasteiger partial charge in [0.05, 0.1) is 6.04 Å². The number of hydrogen-bond acceptors (Lipinski definition) is 3. The number of aromatic nitrogens is 2. The minimum Gasteiger partial charge on any atom is -0.308 e. The smallest absolute Gasteiger partial charge is 0.308 e. The zero-order valence-electron chi connectivity index (χ0n) is 6.24. The standard InChI is InChI=1S/C7H9N3O/c1-5(8-2)6-3-4-9-7(11)10-6/h3-5H,2H2,1H3,(H,9,10,11). The van der Waals surface area contributed by atoms with Gasteiger partial charge in [0.2, 0.25) is 0 Å². The van der Waals surface area contributed by atoms with Crippen LogP contribution < -0.4 is 5.69 Å². The molecule has 1 rings (SSSR count). The number of aliphatic imine (C=N–C) groups is 1. The van der Waals surface area contributed by atoms with Gasteiger partial charge >= 0.3 is 5.69 Å². The summed E-state index contributed by atoms with van der Waals surface area (Å²) in [5.74, 6) is 0. The van der Waals surface area contributed by atoms with Crippen LogP contribution in [-0.4, -0.2) is 16.7 Å². The SMILES string of the molecule is C=NC(C)c1ccnc(=O)[nH]1. The molecular weight excluding hydrogens is 142 g/mol. The average molecular weight is 151 g/mol. The number of H-pyrrole nitrogens is 1. The molecule has 1 heterocycles. The highest BCUT2D eigenvalue weighted by Gasteiger charge is 2.00. The largest absolute Gasteiger partial charge is 0.345 e. The summed E-state index contributed by atoms with van der Waals surface area (Å²) >= 11 is 0. The van der Waals surface area contributed by atoms with Crippen LogP contribution in [0.25, 0.3) is 0 Å². The fraction of sp³-hybridized carbons (Fsp3) is 0.286. The van der Waals surface area contributed by atoms with Gasteiger partial charge in [0.1, 0.15) is 0 Å². The highest BCUT2D eigenvalue weighted by molar-refractivity contribution is 5.25. The van der Waals surface area contributed by atoms with Gasteiger partial charge in [-0.15, -0.1) is 0 Å². The first-order chi connectivity index (χ1) is 5.24. The Labute approximate surface area is 64.0 Å². The second-order valence-electron chi connectivity index (χ2n) is 2.19. The van der Waals surface area contributed by atoms with Gasteiger partial charge in [0, 0.05) is 11.9 Å². The molecule has 4 heteroatoms. The van der Waals surface area contributed by atoms with Gasteiger partial charge in [-0.1, -0.05) is 0 Å². The Balaban J connectivity index is 3.05. The van der Waals surface area contributed by atoms with E-state index in [0.29, 0.717) is 0 Å². The molecule has 0 aliphatic carbocycles. The van der Waals surface area contributed by atoms with Gasteiger partial charge in [0.15, 0.2) is 0 Å². The van der Waals surface area contributed by atoms with E-state index >= 15 is 0 Å². The molecule has 0 aromatic carbocycles. The van der Waals surface area contributed by atoms with E-state index in [9.17, 15) is 4.79 Å². The minimum absolute atomic E-state index is 0.0781. The molecule has 0 aliphatic rings. The second kappa shape index (κ2) is 3.09. The summed E-state index contributed by atoms with van der Waals surface area (Å²) in [6.45, 7) is 5.22. The van der Waals surface area contributed by atoms with Crippen LogP contribution in [0.5, 0.6) is 0 Å². The van der Waals surface area contributed by atoms with Crippen molar-refractivity contribution in [1.82, 2.24) is 9.97 Å². The van der Waals surface area contributed by atoms with E-state index in [2.05, 4.69) is 21.7 Å². The van der Waals surface area contributed by atoms with E-state index in [1.54, 1.807) is 6.07 Å². The fourth-order valence-corrected chi connectivity index (χ4v) is 0.725. The van der Waals surface area contributed by atoms with E-state index < -0.39 is 0 Å². The molecule has 58 valence electrons. The maximum Gasteiger partial charge on any atom is 0.345 e. The maximum atomic E-state index is 10.7. The maximum absolute atomic E-state index is 10.7. The third kappa shape index (κ3) is 1.73. The van der Waals surface area contributed by atoms with Gasteiger partial charge in [-0.2, -0.15) is 0 Å². The monoisotopic (exact) mass is 151 g/mol. The topological polar surface area (TPSA) is 58.1 Å². The van der Waals surface area contributed by atoms with Crippen molar-refractivity contribution in [2.75, 3.05) is 0 Å². The van der Waals surface area contributed by atoms with Gasteiger partial charge < -0.3 is 4.98 Å². The number of aromatic amines is 1. The Morgan fingerprint density at radius 3 is 3.09 bits per heavy atom. The lowest BCUT2D eigenvalue weighted by atomic mass is 10.2. The molecule has 0 radical (unpaired) electrons. The van der Waals surface area contributed by atoms with Crippen molar-refractivity contribution in [2.24, 2.45) is 4.99 Å². The molecule has 1 atom stereocenters. The lowest BCUT2D eigenvalue weighted by Gasteiger charge is -2.02. The van der Waals surface area contributed by atoms with E-state index in [4.69, 9.17) is 0 Å². The summed E-state index contributed by atoms with van der Waals surface area (Å²) in [6, 6.07) is 1.63. The van der Waals surface area contributed by atoms with E-state index in [1.807, 2.05) is 6.92 Å². The second-order valence-corrected chi connectivity index (χ2v) is 2.19. The lowest BCUT2D eigenvalue weighted by Crippen LogP contribution is -2.12. The van der Waals surface area contributed by atoms with Crippen LogP contribution in [-0.2, 0) is 0 Å². The molecule has 1 unspecified atom stereocenters. The Morgan fingerprint density at radius 2 is 2.55 bits per heavy atom. The number of hydrogen-bond donors (Lipinski definition) is 1. The summed E-state index contributed by atoms with van der Waals surface area (Å²) in [6.07, 6.45) is 1.45. The number of rotatable bonds is 2. The number of nitrogens with one attached hydrogen (secondary N) is 1. The van der Waals surface area contributed by atoms with Gasteiger partial charge in [-0.3, -0.25) is 4.99 Å².